The summed E-state index contributed by atoms with van der Waals surface area (Å²) in [5.74, 6) is -3.53. The summed E-state index contributed by atoms with van der Waals surface area (Å²) in [5.41, 5.74) is 6.21. The first-order chi connectivity index (χ1) is 14.7. The number of ether oxygens (including phenoxy) is 1. The zero-order chi connectivity index (χ0) is 23.0. The molecule has 0 spiro atoms. The molecule has 4 atom stereocenters. The summed E-state index contributed by atoms with van der Waals surface area (Å²) in [5, 5.41) is 7.59. The van der Waals surface area contributed by atoms with Crippen LogP contribution in [-0.4, -0.2) is 54.3 Å². The summed E-state index contributed by atoms with van der Waals surface area (Å²) in [6, 6.07) is 6.30. The molecule has 1 aromatic rings. The van der Waals surface area contributed by atoms with E-state index in [1.54, 1.807) is 13.8 Å². The van der Waals surface area contributed by atoms with Crippen LogP contribution < -0.4 is 21.7 Å². The molecule has 31 heavy (non-hydrogen) atoms. The van der Waals surface area contributed by atoms with Gasteiger partial charge in [-0.15, -0.1) is 0 Å². The van der Waals surface area contributed by atoms with Crippen LogP contribution >= 0.6 is 0 Å². The second kappa shape index (κ2) is 11.1. The lowest BCUT2D eigenvalue weighted by molar-refractivity contribution is -0.148. The van der Waals surface area contributed by atoms with E-state index in [9.17, 15) is 24.0 Å². The third-order valence-corrected chi connectivity index (χ3v) is 4.90. The van der Waals surface area contributed by atoms with Crippen molar-refractivity contribution in [3.63, 3.8) is 0 Å². The topological polar surface area (TPSA) is 157 Å². The zero-order valence-electron chi connectivity index (χ0n) is 17.6. The molecule has 0 bridgehead atoms. The summed E-state index contributed by atoms with van der Waals surface area (Å²) in [7, 11) is 0. The van der Waals surface area contributed by atoms with E-state index in [2.05, 4.69) is 16.0 Å². The van der Waals surface area contributed by atoms with Crippen molar-refractivity contribution in [1.29, 1.82) is 0 Å². The van der Waals surface area contributed by atoms with Crippen molar-refractivity contribution >= 4 is 29.6 Å². The van der Waals surface area contributed by atoms with E-state index in [1.807, 2.05) is 30.3 Å². The summed E-state index contributed by atoms with van der Waals surface area (Å²) in [4.78, 5) is 60.5. The van der Waals surface area contributed by atoms with Crippen LogP contribution in [0.4, 0.5) is 0 Å². The molecule has 2 rings (SSSR count). The van der Waals surface area contributed by atoms with Crippen LogP contribution in [0.2, 0.25) is 0 Å². The van der Waals surface area contributed by atoms with Gasteiger partial charge in [0.25, 0.3) is 0 Å². The average molecular weight is 432 g/mol. The highest BCUT2D eigenvalue weighted by atomic mass is 16.5. The van der Waals surface area contributed by atoms with Gasteiger partial charge in [-0.1, -0.05) is 37.3 Å². The Hall–Kier alpha value is -3.43. The molecule has 10 heteroatoms. The second-order valence-corrected chi connectivity index (χ2v) is 7.43. The molecule has 0 unspecified atom stereocenters. The molecule has 1 aromatic carbocycles. The maximum absolute atomic E-state index is 12.4. The monoisotopic (exact) mass is 432 g/mol. The van der Waals surface area contributed by atoms with Gasteiger partial charge < -0.3 is 26.4 Å². The molecule has 0 aromatic heterocycles. The molecular formula is C21H28N4O6. The van der Waals surface area contributed by atoms with Crippen LogP contribution in [0.25, 0.3) is 0 Å². The van der Waals surface area contributed by atoms with Crippen LogP contribution in [0, 0.1) is 5.92 Å². The van der Waals surface area contributed by atoms with Crippen LogP contribution in [0.15, 0.2) is 30.3 Å². The molecule has 0 radical (unpaired) electrons. The van der Waals surface area contributed by atoms with E-state index in [1.165, 1.54) is 0 Å². The van der Waals surface area contributed by atoms with Crippen molar-refractivity contribution in [1.82, 2.24) is 16.0 Å². The fraction of sp³-hybridized carbons (Fsp3) is 0.476. The summed E-state index contributed by atoms with van der Waals surface area (Å²) in [6.07, 6.45) is -0.0810. The average Bonchev–Trinajstić information content (AvgIpc) is 2.72. The molecule has 10 nitrogen and oxygen atoms in total. The number of primary amides is 1. The Morgan fingerprint density at radius 2 is 1.71 bits per heavy atom. The number of nitrogens with one attached hydrogen (secondary N) is 3. The number of benzene rings is 1. The Bertz CT molecular complexity index is 828. The molecule has 1 aliphatic rings. The van der Waals surface area contributed by atoms with Crippen molar-refractivity contribution < 1.29 is 28.7 Å². The van der Waals surface area contributed by atoms with Crippen LogP contribution in [0.5, 0.6) is 0 Å². The number of hydrogen-bond acceptors (Lipinski definition) is 6. The van der Waals surface area contributed by atoms with Crippen molar-refractivity contribution in [3.8, 4) is 0 Å². The lowest BCUT2D eigenvalue weighted by Crippen LogP contribution is -2.63. The minimum absolute atomic E-state index is 0.0394. The van der Waals surface area contributed by atoms with Gasteiger partial charge in [0, 0.05) is 6.42 Å². The Balaban J connectivity index is 1.90. The maximum Gasteiger partial charge on any atom is 0.308 e. The fourth-order valence-electron chi connectivity index (χ4n) is 3.23. The normalized spacial score (nSPS) is 20.1. The van der Waals surface area contributed by atoms with Gasteiger partial charge in [0.05, 0.1) is 18.9 Å². The second-order valence-electron chi connectivity index (χ2n) is 7.43. The van der Waals surface area contributed by atoms with Gasteiger partial charge in [-0.05, 0) is 18.9 Å². The van der Waals surface area contributed by atoms with Gasteiger partial charge >= 0.3 is 5.97 Å². The smallest absolute Gasteiger partial charge is 0.308 e. The number of carbonyl (C=O) groups excluding carboxylic acids is 5. The van der Waals surface area contributed by atoms with Crippen LogP contribution in [-0.2, 0) is 35.1 Å². The predicted octanol–water partition coefficient (Wildman–Crippen LogP) is -0.838. The molecule has 1 saturated heterocycles. The first kappa shape index (κ1) is 23.8. The third-order valence-electron chi connectivity index (χ3n) is 4.90. The van der Waals surface area contributed by atoms with Gasteiger partial charge in [0.2, 0.25) is 23.6 Å². The van der Waals surface area contributed by atoms with Gasteiger partial charge in [-0.3, -0.25) is 24.0 Å². The minimum Gasteiger partial charge on any atom is -0.466 e. The molecular weight excluding hydrogens is 404 g/mol. The number of piperazine rings is 1. The summed E-state index contributed by atoms with van der Waals surface area (Å²) < 4.78 is 4.89. The summed E-state index contributed by atoms with van der Waals surface area (Å²) in [6.45, 7) is 3.41. The number of nitrogens with two attached hydrogens (primary N) is 1. The number of carbonyl (C=O) groups is 5. The highest BCUT2D eigenvalue weighted by Crippen LogP contribution is 2.11. The first-order valence-corrected chi connectivity index (χ1v) is 10.1. The Kier molecular flexibility index (Phi) is 8.53. The molecule has 1 heterocycles. The predicted molar refractivity (Wildman–Crippen MR) is 110 cm³/mol. The van der Waals surface area contributed by atoms with Crippen molar-refractivity contribution in [3.05, 3.63) is 35.9 Å². The Morgan fingerprint density at radius 1 is 1.10 bits per heavy atom. The highest BCUT2D eigenvalue weighted by molar-refractivity contribution is 5.99. The van der Waals surface area contributed by atoms with E-state index in [0.29, 0.717) is 6.42 Å². The van der Waals surface area contributed by atoms with Crippen molar-refractivity contribution in [2.45, 2.75) is 51.2 Å². The summed E-state index contributed by atoms with van der Waals surface area (Å²) >= 11 is 0. The van der Waals surface area contributed by atoms with Crippen molar-refractivity contribution in [2.24, 2.45) is 11.7 Å². The molecule has 168 valence electrons. The lowest BCUT2D eigenvalue weighted by Gasteiger charge is -2.29. The zero-order valence-corrected chi connectivity index (χ0v) is 17.6. The Labute approximate surface area is 180 Å². The lowest BCUT2D eigenvalue weighted by atomic mass is 9.99. The van der Waals surface area contributed by atoms with Gasteiger partial charge in [0.1, 0.15) is 18.1 Å². The number of hydrogen-bond donors (Lipinski definition) is 4. The molecule has 0 aliphatic carbocycles. The number of amides is 4. The molecule has 5 N–H and O–H groups in total. The Morgan fingerprint density at radius 3 is 2.32 bits per heavy atom. The molecule has 0 saturated carbocycles. The van der Waals surface area contributed by atoms with E-state index in [-0.39, 0.29) is 19.4 Å². The van der Waals surface area contributed by atoms with Gasteiger partial charge in [-0.2, -0.15) is 0 Å². The quantitative estimate of drug-likeness (QED) is 0.353. The minimum atomic E-state index is -1.11. The van der Waals surface area contributed by atoms with E-state index in [4.69, 9.17) is 10.5 Å². The van der Waals surface area contributed by atoms with Crippen LogP contribution in [0.3, 0.4) is 0 Å². The third kappa shape index (κ3) is 7.09. The van der Waals surface area contributed by atoms with Gasteiger partial charge in [0.15, 0.2) is 0 Å². The standard InChI is InChI=1S/C21H28N4O6/c1-3-31-21(30)12(2)9-14(18(22)27)23-17(26)11-16-20(29)24-15(19(28)25-16)10-13-7-5-4-6-8-13/h4-8,12,14-16H,3,9-11H2,1-2H3,(H2,22,27)(H,23,26)(H,24,29)(H,25,28)/t12-,14+,15-,16-/m0/s1. The number of esters is 1. The largest absolute Gasteiger partial charge is 0.466 e. The molecule has 1 fully saturated rings. The van der Waals surface area contributed by atoms with E-state index in [0.717, 1.165) is 5.56 Å². The van der Waals surface area contributed by atoms with Crippen molar-refractivity contribution in [2.75, 3.05) is 6.61 Å². The van der Waals surface area contributed by atoms with Crippen LogP contribution in [0.1, 0.15) is 32.3 Å². The highest BCUT2D eigenvalue weighted by Gasteiger charge is 2.35. The maximum atomic E-state index is 12.4. The van der Waals surface area contributed by atoms with E-state index >= 15 is 0 Å². The first-order valence-electron chi connectivity index (χ1n) is 10.1. The molecule has 1 aliphatic heterocycles. The van der Waals surface area contributed by atoms with Gasteiger partial charge in [-0.25, -0.2) is 0 Å². The fourth-order valence-corrected chi connectivity index (χ4v) is 3.23. The molecule has 4 amide bonds. The SMILES string of the molecule is CCOC(=O)[C@@H](C)C[C@@H](NC(=O)C[C@@H]1NC(=O)[C@H](Cc2ccccc2)NC1=O)C(N)=O. The number of rotatable bonds is 10. The van der Waals surface area contributed by atoms with E-state index < -0.39 is 53.6 Å².